The summed E-state index contributed by atoms with van der Waals surface area (Å²) >= 11 is 0. The van der Waals surface area contributed by atoms with Gasteiger partial charge in [-0.3, -0.25) is 9.59 Å². The van der Waals surface area contributed by atoms with E-state index in [-0.39, 0.29) is 24.6 Å². The SMILES string of the molecule is O=C(O)CCc1ccc(O)cc1CNC(=O)c1ccccc1. The third kappa shape index (κ3) is 4.34. The highest BCUT2D eigenvalue weighted by atomic mass is 16.4. The lowest BCUT2D eigenvalue weighted by Crippen LogP contribution is -2.23. The molecule has 0 radical (unpaired) electrons. The number of hydrogen-bond acceptors (Lipinski definition) is 3. The van der Waals surface area contributed by atoms with Crippen molar-refractivity contribution < 1.29 is 19.8 Å². The van der Waals surface area contributed by atoms with Crippen LogP contribution in [0, 0.1) is 0 Å². The number of rotatable bonds is 6. The fraction of sp³-hybridized carbons (Fsp3) is 0.176. The van der Waals surface area contributed by atoms with Gasteiger partial charge in [0, 0.05) is 18.5 Å². The van der Waals surface area contributed by atoms with Gasteiger partial charge in [0.25, 0.3) is 5.91 Å². The summed E-state index contributed by atoms with van der Waals surface area (Å²) in [6, 6.07) is 13.6. The van der Waals surface area contributed by atoms with Gasteiger partial charge in [-0.2, -0.15) is 0 Å². The summed E-state index contributed by atoms with van der Waals surface area (Å²) < 4.78 is 0. The van der Waals surface area contributed by atoms with Crippen molar-refractivity contribution in [3.63, 3.8) is 0 Å². The van der Waals surface area contributed by atoms with Crippen molar-refractivity contribution >= 4 is 11.9 Å². The number of benzene rings is 2. The monoisotopic (exact) mass is 299 g/mol. The number of hydrogen-bond donors (Lipinski definition) is 3. The third-order valence-corrected chi connectivity index (χ3v) is 3.27. The molecule has 0 saturated heterocycles. The number of phenols is 1. The molecule has 114 valence electrons. The van der Waals surface area contributed by atoms with Crippen LogP contribution in [0.15, 0.2) is 48.5 Å². The second-order valence-electron chi connectivity index (χ2n) is 4.90. The lowest BCUT2D eigenvalue weighted by Gasteiger charge is -2.11. The molecule has 5 nitrogen and oxygen atoms in total. The Hall–Kier alpha value is -2.82. The van der Waals surface area contributed by atoms with Crippen molar-refractivity contribution in [1.82, 2.24) is 5.32 Å². The van der Waals surface area contributed by atoms with Crippen LogP contribution in [0.2, 0.25) is 0 Å². The second-order valence-corrected chi connectivity index (χ2v) is 4.90. The molecule has 0 aliphatic rings. The first-order valence-electron chi connectivity index (χ1n) is 6.92. The minimum Gasteiger partial charge on any atom is -0.508 e. The van der Waals surface area contributed by atoms with E-state index < -0.39 is 5.97 Å². The third-order valence-electron chi connectivity index (χ3n) is 3.27. The molecular weight excluding hydrogens is 282 g/mol. The predicted octanol–water partition coefficient (Wildman–Crippen LogP) is 2.34. The molecule has 22 heavy (non-hydrogen) atoms. The van der Waals surface area contributed by atoms with Crippen LogP contribution >= 0.6 is 0 Å². The second kappa shape index (κ2) is 7.26. The van der Waals surface area contributed by atoms with E-state index in [1.54, 1.807) is 36.4 Å². The molecule has 0 aliphatic heterocycles. The number of carboxylic acids is 1. The van der Waals surface area contributed by atoms with Crippen LogP contribution in [0.5, 0.6) is 5.75 Å². The molecule has 0 saturated carbocycles. The van der Waals surface area contributed by atoms with Gasteiger partial charge in [0.05, 0.1) is 0 Å². The number of carbonyl (C=O) groups is 2. The first-order chi connectivity index (χ1) is 10.6. The molecule has 0 atom stereocenters. The van der Waals surface area contributed by atoms with E-state index in [4.69, 9.17) is 5.11 Å². The van der Waals surface area contributed by atoms with Crippen molar-refractivity contribution in [1.29, 1.82) is 0 Å². The molecule has 2 aromatic carbocycles. The van der Waals surface area contributed by atoms with Crippen LogP contribution in [0.1, 0.15) is 27.9 Å². The largest absolute Gasteiger partial charge is 0.508 e. The van der Waals surface area contributed by atoms with Gasteiger partial charge in [-0.15, -0.1) is 0 Å². The van der Waals surface area contributed by atoms with E-state index in [1.807, 2.05) is 6.07 Å². The maximum absolute atomic E-state index is 12.0. The quantitative estimate of drug-likeness (QED) is 0.764. The summed E-state index contributed by atoms with van der Waals surface area (Å²) in [6.07, 6.45) is 0.358. The van der Waals surface area contributed by atoms with Crippen LogP contribution in [0.3, 0.4) is 0 Å². The van der Waals surface area contributed by atoms with Crippen molar-refractivity contribution in [2.24, 2.45) is 0 Å². The smallest absolute Gasteiger partial charge is 0.303 e. The lowest BCUT2D eigenvalue weighted by atomic mass is 10.0. The molecule has 0 heterocycles. The molecule has 1 amide bonds. The topological polar surface area (TPSA) is 86.6 Å². The van der Waals surface area contributed by atoms with Gasteiger partial charge in [0.15, 0.2) is 0 Å². The summed E-state index contributed by atoms with van der Waals surface area (Å²) in [6.45, 7) is 0.233. The van der Waals surface area contributed by atoms with Gasteiger partial charge < -0.3 is 15.5 Å². The average molecular weight is 299 g/mol. The fourth-order valence-electron chi connectivity index (χ4n) is 2.13. The van der Waals surface area contributed by atoms with E-state index in [0.29, 0.717) is 17.5 Å². The van der Waals surface area contributed by atoms with Gasteiger partial charge in [0.2, 0.25) is 0 Å². The summed E-state index contributed by atoms with van der Waals surface area (Å²) in [5.74, 6) is -1.01. The zero-order valence-corrected chi connectivity index (χ0v) is 12.0. The molecule has 0 aliphatic carbocycles. The molecule has 0 fully saturated rings. The van der Waals surface area contributed by atoms with E-state index in [0.717, 1.165) is 5.56 Å². The fourth-order valence-corrected chi connectivity index (χ4v) is 2.13. The molecule has 3 N–H and O–H groups in total. The molecule has 2 aromatic rings. The number of carboxylic acid groups (broad SMARTS) is 1. The molecule has 5 heteroatoms. The van der Waals surface area contributed by atoms with Gasteiger partial charge >= 0.3 is 5.97 Å². The number of phenolic OH excluding ortho intramolecular Hbond substituents is 1. The maximum atomic E-state index is 12.0. The van der Waals surface area contributed by atoms with Gasteiger partial charge in [-0.1, -0.05) is 24.3 Å². The summed E-state index contributed by atoms with van der Waals surface area (Å²) in [4.78, 5) is 22.7. The Bertz CT molecular complexity index is 668. The molecule has 0 aromatic heterocycles. The maximum Gasteiger partial charge on any atom is 0.303 e. The Morgan fingerprint density at radius 1 is 1.00 bits per heavy atom. The zero-order valence-electron chi connectivity index (χ0n) is 12.0. The van der Waals surface area contributed by atoms with Gasteiger partial charge in [-0.05, 0) is 41.8 Å². The minimum absolute atomic E-state index is 0.00437. The van der Waals surface area contributed by atoms with Crippen LogP contribution in [-0.4, -0.2) is 22.1 Å². The highest BCUT2D eigenvalue weighted by Crippen LogP contribution is 2.18. The zero-order chi connectivity index (χ0) is 15.9. The highest BCUT2D eigenvalue weighted by molar-refractivity contribution is 5.94. The number of aryl methyl sites for hydroxylation is 1. The Morgan fingerprint density at radius 2 is 1.73 bits per heavy atom. The Morgan fingerprint density at radius 3 is 2.41 bits per heavy atom. The van der Waals surface area contributed by atoms with Crippen molar-refractivity contribution in [2.75, 3.05) is 0 Å². The van der Waals surface area contributed by atoms with E-state index >= 15 is 0 Å². The number of aromatic hydroxyl groups is 1. The predicted molar refractivity (Wildman–Crippen MR) is 81.7 cm³/mol. The summed E-state index contributed by atoms with van der Waals surface area (Å²) in [5, 5.41) is 21.1. The van der Waals surface area contributed by atoms with Crippen molar-refractivity contribution in [3.8, 4) is 5.75 Å². The van der Waals surface area contributed by atoms with E-state index in [2.05, 4.69) is 5.32 Å². The van der Waals surface area contributed by atoms with Crippen LogP contribution in [-0.2, 0) is 17.8 Å². The Balaban J connectivity index is 2.06. The van der Waals surface area contributed by atoms with Gasteiger partial charge in [-0.25, -0.2) is 0 Å². The number of carbonyl (C=O) groups excluding carboxylic acids is 1. The summed E-state index contributed by atoms with van der Waals surface area (Å²) in [7, 11) is 0. The molecule has 0 spiro atoms. The standard InChI is InChI=1S/C17H17NO4/c19-15-8-6-12(7-9-16(20)21)14(10-15)11-18-17(22)13-4-2-1-3-5-13/h1-6,8,10,19H,7,9,11H2,(H,18,22)(H,20,21). The van der Waals surface area contributed by atoms with Crippen molar-refractivity contribution in [3.05, 3.63) is 65.2 Å². The Kier molecular flexibility index (Phi) is 5.14. The van der Waals surface area contributed by atoms with Crippen LogP contribution in [0.4, 0.5) is 0 Å². The normalized spacial score (nSPS) is 10.2. The number of amides is 1. The first-order valence-corrected chi connectivity index (χ1v) is 6.92. The van der Waals surface area contributed by atoms with Crippen LogP contribution in [0.25, 0.3) is 0 Å². The molecular formula is C17H17NO4. The Labute approximate surface area is 128 Å². The van der Waals surface area contributed by atoms with Crippen molar-refractivity contribution in [2.45, 2.75) is 19.4 Å². The molecule has 0 unspecified atom stereocenters. The average Bonchev–Trinajstić information content (AvgIpc) is 2.52. The molecule has 0 bridgehead atoms. The van der Waals surface area contributed by atoms with E-state index in [9.17, 15) is 14.7 Å². The summed E-state index contributed by atoms with van der Waals surface area (Å²) in [5.41, 5.74) is 2.06. The number of aliphatic carboxylic acids is 1. The van der Waals surface area contributed by atoms with Crippen LogP contribution < -0.4 is 5.32 Å². The van der Waals surface area contributed by atoms with E-state index in [1.165, 1.54) is 6.07 Å². The first kappa shape index (κ1) is 15.6. The highest BCUT2D eigenvalue weighted by Gasteiger charge is 2.09. The molecule has 2 rings (SSSR count). The van der Waals surface area contributed by atoms with Gasteiger partial charge in [0.1, 0.15) is 5.75 Å². The lowest BCUT2D eigenvalue weighted by molar-refractivity contribution is -0.136. The minimum atomic E-state index is -0.882. The number of nitrogens with one attached hydrogen (secondary N) is 1.